The Morgan fingerprint density at radius 2 is 1.73 bits per heavy atom. The highest BCUT2D eigenvalue weighted by Crippen LogP contribution is 2.31. The maximum atomic E-state index is 13.2. The van der Waals surface area contributed by atoms with Gasteiger partial charge in [0.05, 0.1) is 12.0 Å². The van der Waals surface area contributed by atoms with E-state index in [1.165, 1.54) is 4.90 Å². The average Bonchev–Trinajstić information content (AvgIpc) is 3.30. The fraction of sp³-hybridized carbons (Fsp3) is 0.333. The molecule has 2 aromatic carbocycles. The molecule has 26 heavy (non-hydrogen) atoms. The molecule has 2 aromatic rings. The number of amides is 2. The predicted molar refractivity (Wildman–Crippen MR) is 97.7 cm³/mol. The van der Waals surface area contributed by atoms with Crippen molar-refractivity contribution in [3.63, 3.8) is 0 Å². The molecule has 5 heteroatoms. The Bertz CT molecular complexity index is 778. The van der Waals surface area contributed by atoms with E-state index in [1.54, 1.807) is 0 Å². The van der Waals surface area contributed by atoms with Crippen molar-refractivity contribution in [1.29, 1.82) is 0 Å². The lowest BCUT2D eigenvalue weighted by Crippen LogP contribution is -2.45. The number of imide groups is 1. The predicted octanol–water partition coefficient (Wildman–Crippen LogP) is 2.58. The molecule has 2 fully saturated rings. The van der Waals surface area contributed by atoms with Crippen molar-refractivity contribution in [3.05, 3.63) is 71.8 Å². The van der Waals surface area contributed by atoms with Crippen molar-refractivity contribution in [2.45, 2.75) is 18.4 Å². The monoisotopic (exact) mass is 350 g/mol. The van der Waals surface area contributed by atoms with Crippen LogP contribution in [-0.2, 0) is 16.0 Å². The van der Waals surface area contributed by atoms with E-state index in [0.717, 1.165) is 17.7 Å². The van der Waals surface area contributed by atoms with Crippen LogP contribution in [-0.4, -0.2) is 42.6 Å². The third-order valence-corrected chi connectivity index (χ3v) is 5.27. The van der Waals surface area contributed by atoms with Crippen molar-refractivity contribution in [2.24, 2.45) is 5.92 Å². The molecule has 2 amide bonds. The molecule has 3 atom stereocenters. The molecule has 2 aliphatic heterocycles. The van der Waals surface area contributed by atoms with Crippen molar-refractivity contribution < 1.29 is 14.3 Å². The van der Waals surface area contributed by atoms with Gasteiger partial charge in [-0.3, -0.25) is 4.79 Å². The number of hydrogen-bond donors (Lipinski definition) is 1. The fourth-order valence-corrected chi connectivity index (χ4v) is 3.93. The van der Waals surface area contributed by atoms with Crippen LogP contribution in [0.25, 0.3) is 0 Å². The minimum Gasteiger partial charge on any atom is -0.447 e. The summed E-state index contributed by atoms with van der Waals surface area (Å²) in [6.07, 6.45) is 0.101. The summed E-state index contributed by atoms with van der Waals surface area (Å²) in [5.74, 6) is -0.303. The fourth-order valence-electron chi connectivity index (χ4n) is 3.93. The molecule has 0 aliphatic carbocycles. The summed E-state index contributed by atoms with van der Waals surface area (Å²) in [7, 11) is 0. The molecule has 2 heterocycles. The molecule has 0 aromatic heterocycles. The third-order valence-electron chi connectivity index (χ3n) is 5.27. The second-order valence-corrected chi connectivity index (χ2v) is 6.91. The van der Waals surface area contributed by atoms with Crippen LogP contribution in [0.3, 0.4) is 0 Å². The first kappa shape index (κ1) is 16.8. The van der Waals surface area contributed by atoms with Crippen LogP contribution in [0.15, 0.2) is 60.7 Å². The maximum Gasteiger partial charge on any atom is 0.416 e. The first-order chi connectivity index (χ1) is 12.7. The van der Waals surface area contributed by atoms with E-state index in [0.29, 0.717) is 13.0 Å². The molecule has 2 unspecified atom stereocenters. The van der Waals surface area contributed by atoms with E-state index in [4.69, 9.17) is 4.74 Å². The Kier molecular flexibility index (Phi) is 4.71. The number of ether oxygens (including phenoxy) is 1. The Morgan fingerprint density at radius 3 is 2.46 bits per heavy atom. The number of rotatable bonds is 4. The molecule has 2 aliphatic rings. The summed E-state index contributed by atoms with van der Waals surface area (Å²) in [4.78, 5) is 26.9. The Labute approximate surface area is 153 Å². The van der Waals surface area contributed by atoms with Gasteiger partial charge in [-0.1, -0.05) is 60.7 Å². The zero-order valence-corrected chi connectivity index (χ0v) is 14.5. The summed E-state index contributed by atoms with van der Waals surface area (Å²) in [5, 5.41) is 3.31. The minimum atomic E-state index is -0.519. The van der Waals surface area contributed by atoms with E-state index in [-0.39, 0.29) is 30.4 Å². The lowest BCUT2D eigenvalue weighted by molar-refractivity contribution is -0.133. The molecule has 134 valence electrons. The minimum absolute atomic E-state index is 0.0782. The lowest BCUT2D eigenvalue weighted by Gasteiger charge is -2.25. The Hall–Kier alpha value is -2.66. The quantitative estimate of drug-likeness (QED) is 0.921. The smallest absolute Gasteiger partial charge is 0.416 e. The van der Waals surface area contributed by atoms with Crippen molar-refractivity contribution >= 4 is 12.0 Å². The average molecular weight is 350 g/mol. The number of nitrogens with zero attached hydrogens (tertiary/aromatic N) is 1. The van der Waals surface area contributed by atoms with Crippen LogP contribution in [0, 0.1) is 5.92 Å². The molecule has 1 N–H and O–H groups in total. The maximum absolute atomic E-state index is 13.2. The molecule has 2 saturated heterocycles. The highest BCUT2D eigenvalue weighted by Gasteiger charge is 2.44. The molecular formula is C21H22N2O3. The molecule has 4 rings (SSSR count). The van der Waals surface area contributed by atoms with Crippen molar-refractivity contribution in [3.8, 4) is 0 Å². The van der Waals surface area contributed by atoms with E-state index in [1.807, 2.05) is 60.7 Å². The van der Waals surface area contributed by atoms with Crippen LogP contribution >= 0.6 is 0 Å². The second-order valence-electron chi connectivity index (χ2n) is 6.91. The summed E-state index contributed by atoms with van der Waals surface area (Å²) < 4.78 is 5.22. The summed E-state index contributed by atoms with van der Waals surface area (Å²) in [6, 6.07) is 19.7. The first-order valence-corrected chi connectivity index (χ1v) is 9.03. The van der Waals surface area contributed by atoms with Gasteiger partial charge in [-0.05, 0) is 17.5 Å². The van der Waals surface area contributed by atoms with Crippen LogP contribution in [0.2, 0.25) is 0 Å². The van der Waals surface area contributed by atoms with Gasteiger partial charge in [0.15, 0.2) is 0 Å². The highest BCUT2D eigenvalue weighted by atomic mass is 16.6. The largest absolute Gasteiger partial charge is 0.447 e. The number of nitrogens with one attached hydrogen (secondary N) is 1. The van der Waals surface area contributed by atoms with Crippen molar-refractivity contribution in [1.82, 2.24) is 10.2 Å². The van der Waals surface area contributed by atoms with Crippen LogP contribution in [0.1, 0.15) is 17.0 Å². The normalized spacial score (nSPS) is 25.3. The lowest BCUT2D eigenvalue weighted by atomic mass is 9.87. The molecule has 5 nitrogen and oxygen atoms in total. The van der Waals surface area contributed by atoms with Gasteiger partial charge in [0.1, 0.15) is 6.61 Å². The number of benzene rings is 2. The Balaban J connectivity index is 1.54. The van der Waals surface area contributed by atoms with E-state index in [9.17, 15) is 9.59 Å². The SMILES string of the molecule is O=C1OC[C@H](Cc2ccccc2)N1C(=O)C1CNCC1c1ccccc1. The molecule has 0 bridgehead atoms. The van der Waals surface area contributed by atoms with Gasteiger partial charge in [0, 0.05) is 19.0 Å². The zero-order valence-electron chi connectivity index (χ0n) is 14.5. The van der Waals surface area contributed by atoms with Gasteiger partial charge in [-0.2, -0.15) is 0 Å². The highest BCUT2D eigenvalue weighted by molar-refractivity contribution is 5.95. The summed E-state index contributed by atoms with van der Waals surface area (Å²) in [5.41, 5.74) is 2.22. The number of carbonyl (C=O) groups is 2. The van der Waals surface area contributed by atoms with Gasteiger partial charge in [0.2, 0.25) is 5.91 Å². The van der Waals surface area contributed by atoms with E-state index >= 15 is 0 Å². The van der Waals surface area contributed by atoms with Crippen molar-refractivity contribution in [2.75, 3.05) is 19.7 Å². The molecule has 0 spiro atoms. The molecule has 0 saturated carbocycles. The zero-order chi connectivity index (χ0) is 17.9. The number of hydrogen-bond acceptors (Lipinski definition) is 4. The Morgan fingerprint density at radius 1 is 1.04 bits per heavy atom. The van der Waals surface area contributed by atoms with E-state index in [2.05, 4.69) is 5.32 Å². The van der Waals surface area contributed by atoms with Gasteiger partial charge in [-0.25, -0.2) is 9.69 Å². The first-order valence-electron chi connectivity index (χ1n) is 9.03. The second kappa shape index (κ2) is 7.30. The van der Waals surface area contributed by atoms with Gasteiger partial charge < -0.3 is 10.1 Å². The van der Waals surface area contributed by atoms with Crippen LogP contribution < -0.4 is 5.32 Å². The van der Waals surface area contributed by atoms with Gasteiger partial charge >= 0.3 is 6.09 Å². The molecular weight excluding hydrogens is 328 g/mol. The van der Waals surface area contributed by atoms with Gasteiger partial charge in [-0.15, -0.1) is 0 Å². The topological polar surface area (TPSA) is 58.6 Å². The van der Waals surface area contributed by atoms with Gasteiger partial charge in [0.25, 0.3) is 0 Å². The number of cyclic esters (lactones) is 1. The molecule has 0 radical (unpaired) electrons. The standard InChI is InChI=1S/C21H22N2O3/c24-20(19-13-22-12-18(19)16-9-5-2-6-10-16)23-17(14-26-21(23)25)11-15-7-3-1-4-8-15/h1-10,17-19,22H,11-14H2/t17-,18?,19?/m0/s1. The number of carbonyl (C=O) groups excluding carboxylic acids is 2. The summed E-state index contributed by atoms with van der Waals surface area (Å²) >= 11 is 0. The van der Waals surface area contributed by atoms with Crippen LogP contribution in [0.4, 0.5) is 4.79 Å². The third kappa shape index (κ3) is 3.22. The van der Waals surface area contributed by atoms with E-state index < -0.39 is 6.09 Å². The van der Waals surface area contributed by atoms with Crippen LogP contribution in [0.5, 0.6) is 0 Å². The summed E-state index contributed by atoms with van der Waals surface area (Å²) in [6.45, 7) is 1.59.